The first kappa shape index (κ1) is 15.0. The van der Waals surface area contributed by atoms with Crippen LogP contribution in [-0.2, 0) is 11.3 Å². The molecule has 2 aromatic carbocycles. The molecule has 0 fully saturated rings. The molecular formula is C18H16N2O3. The minimum absolute atomic E-state index is 0.00797. The Morgan fingerprint density at radius 2 is 1.74 bits per heavy atom. The Labute approximate surface area is 133 Å². The average Bonchev–Trinajstić information content (AvgIpc) is 2.60. The lowest BCUT2D eigenvalue weighted by molar-refractivity contribution is 0.0511. The van der Waals surface area contributed by atoms with Crippen LogP contribution in [0.5, 0.6) is 5.88 Å². The molecule has 0 saturated carbocycles. The number of rotatable bonds is 5. The van der Waals surface area contributed by atoms with Crippen molar-refractivity contribution in [1.82, 2.24) is 9.97 Å². The van der Waals surface area contributed by atoms with Crippen LogP contribution in [0, 0.1) is 0 Å². The molecule has 0 amide bonds. The SMILES string of the molecule is CCOC(=O)c1nc(OCc2ccccc2)c2ccccc2n1. The molecule has 0 aliphatic rings. The van der Waals surface area contributed by atoms with Crippen LogP contribution in [0.4, 0.5) is 0 Å². The van der Waals surface area contributed by atoms with Crippen LogP contribution in [0.1, 0.15) is 23.1 Å². The van der Waals surface area contributed by atoms with E-state index in [9.17, 15) is 4.79 Å². The number of ether oxygens (including phenoxy) is 2. The van der Waals surface area contributed by atoms with E-state index in [1.54, 1.807) is 6.92 Å². The number of nitrogens with zero attached hydrogens (tertiary/aromatic N) is 2. The first-order chi connectivity index (χ1) is 11.3. The van der Waals surface area contributed by atoms with Crippen LogP contribution < -0.4 is 4.74 Å². The van der Waals surface area contributed by atoms with Crippen molar-refractivity contribution in [1.29, 1.82) is 0 Å². The molecule has 0 aliphatic carbocycles. The van der Waals surface area contributed by atoms with Crippen LogP contribution in [0.3, 0.4) is 0 Å². The Hall–Kier alpha value is -2.95. The number of carbonyl (C=O) groups is 1. The van der Waals surface area contributed by atoms with Gasteiger partial charge in [-0.05, 0) is 24.6 Å². The zero-order valence-corrected chi connectivity index (χ0v) is 12.7. The maximum absolute atomic E-state index is 11.9. The topological polar surface area (TPSA) is 61.3 Å². The molecule has 23 heavy (non-hydrogen) atoms. The van der Waals surface area contributed by atoms with Crippen molar-refractivity contribution in [2.24, 2.45) is 0 Å². The number of para-hydroxylation sites is 1. The van der Waals surface area contributed by atoms with Crippen LogP contribution in [-0.4, -0.2) is 22.5 Å². The van der Waals surface area contributed by atoms with Gasteiger partial charge in [0.1, 0.15) is 6.61 Å². The molecule has 0 aliphatic heterocycles. The lowest BCUT2D eigenvalue weighted by atomic mass is 10.2. The lowest BCUT2D eigenvalue weighted by Gasteiger charge is -2.10. The Kier molecular flexibility index (Phi) is 4.47. The van der Waals surface area contributed by atoms with Crippen LogP contribution in [0.25, 0.3) is 10.9 Å². The van der Waals surface area contributed by atoms with Gasteiger partial charge in [-0.15, -0.1) is 0 Å². The summed E-state index contributed by atoms with van der Waals surface area (Å²) in [5.41, 5.74) is 1.67. The maximum Gasteiger partial charge on any atom is 0.376 e. The number of aromatic nitrogens is 2. The molecule has 0 radical (unpaired) electrons. The average molecular weight is 308 g/mol. The van der Waals surface area contributed by atoms with Crippen LogP contribution in [0.15, 0.2) is 54.6 Å². The van der Waals surface area contributed by atoms with E-state index in [2.05, 4.69) is 9.97 Å². The predicted molar refractivity (Wildman–Crippen MR) is 86.3 cm³/mol. The monoisotopic (exact) mass is 308 g/mol. The number of hydrogen-bond acceptors (Lipinski definition) is 5. The third kappa shape index (κ3) is 3.45. The van der Waals surface area contributed by atoms with Crippen molar-refractivity contribution in [2.75, 3.05) is 6.61 Å². The van der Waals surface area contributed by atoms with Gasteiger partial charge in [-0.2, -0.15) is 4.98 Å². The molecule has 0 spiro atoms. The highest BCUT2D eigenvalue weighted by Crippen LogP contribution is 2.23. The minimum Gasteiger partial charge on any atom is -0.472 e. The van der Waals surface area contributed by atoms with Gasteiger partial charge in [0.15, 0.2) is 0 Å². The third-order valence-corrected chi connectivity index (χ3v) is 3.24. The van der Waals surface area contributed by atoms with E-state index >= 15 is 0 Å². The van der Waals surface area contributed by atoms with Crippen LogP contribution >= 0.6 is 0 Å². The quantitative estimate of drug-likeness (QED) is 0.676. The lowest BCUT2D eigenvalue weighted by Crippen LogP contribution is -2.11. The van der Waals surface area contributed by atoms with Gasteiger partial charge in [-0.1, -0.05) is 42.5 Å². The standard InChI is InChI=1S/C18H16N2O3/c1-2-22-18(21)16-19-15-11-7-6-10-14(15)17(20-16)23-12-13-8-4-3-5-9-13/h3-11H,2,12H2,1H3. The van der Waals surface area contributed by atoms with Gasteiger partial charge in [0.05, 0.1) is 17.5 Å². The highest BCUT2D eigenvalue weighted by atomic mass is 16.5. The first-order valence-electron chi connectivity index (χ1n) is 7.38. The van der Waals surface area contributed by atoms with Gasteiger partial charge in [0.2, 0.25) is 11.7 Å². The van der Waals surface area contributed by atoms with Gasteiger partial charge < -0.3 is 9.47 Å². The fourth-order valence-electron chi connectivity index (χ4n) is 2.17. The number of carbonyl (C=O) groups excluding carboxylic acids is 1. The van der Waals surface area contributed by atoms with Crippen molar-refractivity contribution in [3.8, 4) is 5.88 Å². The van der Waals surface area contributed by atoms with E-state index < -0.39 is 5.97 Å². The molecule has 1 aromatic heterocycles. The number of benzene rings is 2. The molecule has 5 nitrogen and oxygen atoms in total. The van der Waals surface area contributed by atoms with E-state index in [0.29, 0.717) is 18.0 Å². The molecule has 0 bridgehead atoms. The Morgan fingerprint density at radius 1 is 1.00 bits per heavy atom. The Morgan fingerprint density at radius 3 is 2.52 bits per heavy atom. The number of fused-ring (bicyclic) bond motifs is 1. The second-order valence-electron chi connectivity index (χ2n) is 4.86. The van der Waals surface area contributed by atoms with Crippen molar-refractivity contribution < 1.29 is 14.3 Å². The predicted octanol–water partition coefficient (Wildman–Crippen LogP) is 3.39. The van der Waals surface area contributed by atoms with E-state index in [1.165, 1.54) is 0 Å². The highest BCUT2D eigenvalue weighted by molar-refractivity contribution is 5.90. The summed E-state index contributed by atoms with van der Waals surface area (Å²) in [4.78, 5) is 20.4. The fraction of sp³-hybridized carbons (Fsp3) is 0.167. The summed E-state index contributed by atoms with van der Waals surface area (Å²) >= 11 is 0. The van der Waals surface area contributed by atoms with E-state index in [0.717, 1.165) is 10.9 Å². The normalized spacial score (nSPS) is 10.5. The summed E-state index contributed by atoms with van der Waals surface area (Å²) in [6, 6.07) is 17.2. The van der Waals surface area contributed by atoms with E-state index in [-0.39, 0.29) is 12.4 Å². The Bertz CT molecular complexity index is 819. The molecular weight excluding hydrogens is 292 g/mol. The molecule has 3 aromatic rings. The largest absolute Gasteiger partial charge is 0.472 e. The number of hydrogen-bond donors (Lipinski definition) is 0. The fourth-order valence-corrected chi connectivity index (χ4v) is 2.17. The summed E-state index contributed by atoms with van der Waals surface area (Å²) in [6.07, 6.45) is 0. The third-order valence-electron chi connectivity index (χ3n) is 3.24. The van der Waals surface area contributed by atoms with Crippen molar-refractivity contribution in [3.05, 3.63) is 66.0 Å². The molecule has 0 saturated heterocycles. The second-order valence-corrected chi connectivity index (χ2v) is 4.86. The Balaban J connectivity index is 1.95. The number of esters is 1. The summed E-state index contributed by atoms with van der Waals surface area (Å²) in [5, 5.41) is 0.761. The maximum atomic E-state index is 11.9. The van der Waals surface area contributed by atoms with Gasteiger partial charge in [0.25, 0.3) is 0 Å². The molecule has 1 heterocycles. The van der Waals surface area contributed by atoms with Crippen molar-refractivity contribution in [3.63, 3.8) is 0 Å². The van der Waals surface area contributed by atoms with Crippen LogP contribution in [0.2, 0.25) is 0 Å². The second kappa shape index (κ2) is 6.87. The molecule has 0 N–H and O–H groups in total. The van der Waals surface area contributed by atoms with E-state index in [4.69, 9.17) is 9.47 Å². The van der Waals surface area contributed by atoms with E-state index in [1.807, 2.05) is 54.6 Å². The minimum atomic E-state index is -0.553. The molecule has 3 rings (SSSR count). The van der Waals surface area contributed by atoms with Gasteiger partial charge >= 0.3 is 5.97 Å². The molecule has 116 valence electrons. The van der Waals surface area contributed by atoms with Gasteiger partial charge in [0, 0.05) is 0 Å². The summed E-state index contributed by atoms with van der Waals surface area (Å²) in [5.74, 6) is -0.168. The summed E-state index contributed by atoms with van der Waals surface area (Å²) in [7, 11) is 0. The van der Waals surface area contributed by atoms with Crippen molar-refractivity contribution in [2.45, 2.75) is 13.5 Å². The highest BCUT2D eigenvalue weighted by Gasteiger charge is 2.15. The summed E-state index contributed by atoms with van der Waals surface area (Å²) in [6.45, 7) is 2.38. The molecule has 0 unspecified atom stereocenters. The molecule has 5 heteroatoms. The zero-order valence-electron chi connectivity index (χ0n) is 12.7. The molecule has 0 atom stereocenters. The first-order valence-corrected chi connectivity index (χ1v) is 7.38. The van der Waals surface area contributed by atoms with Gasteiger partial charge in [-0.3, -0.25) is 0 Å². The van der Waals surface area contributed by atoms with Gasteiger partial charge in [-0.25, -0.2) is 9.78 Å². The smallest absolute Gasteiger partial charge is 0.376 e. The zero-order chi connectivity index (χ0) is 16.1. The summed E-state index contributed by atoms with van der Waals surface area (Å²) < 4.78 is 10.8. The van der Waals surface area contributed by atoms with Crippen molar-refractivity contribution >= 4 is 16.9 Å².